The highest BCUT2D eigenvalue weighted by Crippen LogP contribution is 2.32. The van der Waals surface area contributed by atoms with Crippen LogP contribution >= 0.6 is 0 Å². The Kier molecular flexibility index (Phi) is 3.27. The fourth-order valence-electron chi connectivity index (χ4n) is 2.29. The Hall–Kier alpha value is -2.57. The molecule has 0 amide bonds. The van der Waals surface area contributed by atoms with E-state index < -0.39 is 11.7 Å². The van der Waals surface area contributed by atoms with Gasteiger partial charge in [0, 0.05) is 18.8 Å². The van der Waals surface area contributed by atoms with Crippen molar-refractivity contribution in [3.63, 3.8) is 0 Å². The molecule has 3 aromatic rings. The molecule has 0 spiro atoms. The molecule has 0 saturated heterocycles. The summed E-state index contributed by atoms with van der Waals surface area (Å²) in [6, 6.07) is 5.26. The van der Waals surface area contributed by atoms with Gasteiger partial charge < -0.3 is 9.30 Å². The second-order valence-corrected chi connectivity index (χ2v) is 4.81. The second-order valence-electron chi connectivity index (χ2n) is 4.81. The number of aryl methyl sites for hydroxylation is 1. The molecule has 0 bridgehead atoms. The molecule has 7 heteroatoms. The molecule has 4 nitrogen and oxygen atoms in total. The highest BCUT2D eigenvalue weighted by Gasteiger charge is 2.31. The predicted octanol–water partition coefficient (Wildman–Crippen LogP) is 3.66. The molecule has 114 valence electrons. The highest BCUT2D eigenvalue weighted by molar-refractivity contribution is 5.81. The molecule has 3 rings (SSSR count). The molecule has 0 aliphatic carbocycles. The van der Waals surface area contributed by atoms with Crippen molar-refractivity contribution in [2.75, 3.05) is 7.11 Å². The number of rotatable bonds is 2. The van der Waals surface area contributed by atoms with Gasteiger partial charge in [-0.05, 0) is 24.3 Å². The third kappa shape index (κ3) is 2.38. The minimum absolute atomic E-state index is 0.287. The van der Waals surface area contributed by atoms with E-state index in [1.54, 1.807) is 30.1 Å². The van der Waals surface area contributed by atoms with Gasteiger partial charge in [0.2, 0.25) is 0 Å². The van der Waals surface area contributed by atoms with Crippen LogP contribution in [0.4, 0.5) is 13.2 Å². The van der Waals surface area contributed by atoms with Gasteiger partial charge in [-0.25, -0.2) is 4.98 Å². The number of ether oxygens (including phenoxy) is 1. The zero-order chi connectivity index (χ0) is 15.9. The Morgan fingerprint density at radius 3 is 2.59 bits per heavy atom. The van der Waals surface area contributed by atoms with Crippen molar-refractivity contribution in [2.24, 2.45) is 7.05 Å². The Labute approximate surface area is 124 Å². The zero-order valence-electron chi connectivity index (χ0n) is 11.8. The first kappa shape index (κ1) is 14.4. The standard InChI is InChI=1S/C15H12F3N3O/c1-21-13-4-3-10(15(16,17)18)6-12(13)20-14(21)9-5-11(22-2)8-19-7-9/h3-8H,1-2H3. The maximum Gasteiger partial charge on any atom is 0.416 e. The van der Waals surface area contributed by atoms with E-state index in [9.17, 15) is 13.2 Å². The molecule has 0 N–H and O–H groups in total. The van der Waals surface area contributed by atoms with Crippen LogP contribution in [-0.4, -0.2) is 21.6 Å². The molecule has 0 aliphatic heterocycles. The van der Waals surface area contributed by atoms with Crippen LogP contribution in [0, 0.1) is 0 Å². The van der Waals surface area contributed by atoms with E-state index in [2.05, 4.69) is 9.97 Å². The number of aromatic nitrogens is 3. The van der Waals surface area contributed by atoms with Crippen molar-refractivity contribution in [1.29, 1.82) is 0 Å². The number of nitrogens with zero attached hydrogens (tertiary/aromatic N) is 3. The summed E-state index contributed by atoms with van der Waals surface area (Å²) >= 11 is 0. The average Bonchev–Trinajstić information content (AvgIpc) is 2.83. The van der Waals surface area contributed by atoms with Gasteiger partial charge in [0.25, 0.3) is 0 Å². The molecule has 0 atom stereocenters. The van der Waals surface area contributed by atoms with Crippen LogP contribution in [0.15, 0.2) is 36.7 Å². The number of pyridine rings is 1. The largest absolute Gasteiger partial charge is 0.495 e. The molecule has 2 aromatic heterocycles. The first-order chi connectivity index (χ1) is 10.4. The van der Waals surface area contributed by atoms with E-state index in [1.807, 2.05) is 0 Å². The number of fused-ring (bicyclic) bond motifs is 1. The van der Waals surface area contributed by atoms with Crippen molar-refractivity contribution >= 4 is 11.0 Å². The van der Waals surface area contributed by atoms with Crippen LogP contribution in [-0.2, 0) is 13.2 Å². The summed E-state index contributed by atoms with van der Waals surface area (Å²) < 4.78 is 45.2. The molecule has 0 fully saturated rings. The molecular formula is C15H12F3N3O. The summed E-state index contributed by atoms with van der Waals surface area (Å²) in [5.41, 5.74) is 0.862. The third-order valence-electron chi connectivity index (χ3n) is 3.42. The number of methoxy groups -OCH3 is 1. The van der Waals surface area contributed by atoms with E-state index in [1.165, 1.54) is 13.2 Å². The summed E-state index contributed by atoms with van der Waals surface area (Å²) in [6.07, 6.45) is -1.24. The monoisotopic (exact) mass is 307 g/mol. The summed E-state index contributed by atoms with van der Waals surface area (Å²) in [6.45, 7) is 0. The minimum atomic E-state index is -4.39. The normalized spacial score (nSPS) is 11.9. The molecule has 0 unspecified atom stereocenters. The Bertz CT molecular complexity index is 840. The zero-order valence-corrected chi connectivity index (χ0v) is 11.8. The Morgan fingerprint density at radius 2 is 1.91 bits per heavy atom. The fourth-order valence-corrected chi connectivity index (χ4v) is 2.29. The molecule has 0 aliphatic rings. The third-order valence-corrected chi connectivity index (χ3v) is 3.42. The average molecular weight is 307 g/mol. The molecule has 1 aromatic carbocycles. The Morgan fingerprint density at radius 1 is 1.14 bits per heavy atom. The van der Waals surface area contributed by atoms with E-state index >= 15 is 0 Å². The van der Waals surface area contributed by atoms with Gasteiger partial charge in [0.1, 0.15) is 11.6 Å². The van der Waals surface area contributed by atoms with Crippen molar-refractivity contribution in [3.8, 4) is 17.1 Å². The maximum atomic E-state index is 12.8. The maximum absolute atomic E-state index is 12.8. The van der Waals surface area contributed by atoms with Crippen LogP contribution in [0.3, 0.4) is 0 Å². The van der Waals surface area contributed by atoms with E-state index in [0.717, 1.165) is 12.1 Å². The molecule has 22 heavy (non-hydrogen) atoms. The van der Waals surface area contributed by atoms with Gasteiger partial charge >= 0.3 is 6.18 Å². The van der Waals surface area contributed by atoms with E-state index in [0.29, 0.717) is 22.7 Å². The highest BCUT2D eigenvalue weighted by atomic mass is 19.4. The first-order valence-electron chi connectivity index (χ1n) is 6.43. The summed E-state index contributed by atoms with van der Waals surface area (Å²) in [5.74, 6) is 1.08. The van der Waals surface area contributed by atoms with E-state index in [4.69, 9.17) is 4.74 Å². The number of hydrogen-bond acceptors (Lipinski definition) is 3. The minimum Gasteiger partial charge on any atom is -0.495 e. The number of halogens is 3. The van der Waals surface area contributed by atoms with Crippen molar-refractivity contribution < 1.29 is 17.9 Å². The van der Waals surface area contributed by atoms with Crippen molar-refractivity contribution in [3.05, 3.63) is 42.2 Å². The van der Waals surface area contributed by atoms with Gasteiger partial charge in [-0.1, -0.05) is 0 Å². The smallest absolute Gasteiger partial charge is 0.416 e. The van der Waals surface area contributed by atoms with Gasteiger partial charge in [0.15, 0.2) is 0 Å². The molecule has 0 radical (unpaired) electrons. The first-order valence-corrected chi connectivity index (χ1v) is 6.43. The molecule has 0 saturated carbocycles. The quantitative estimate of drug-likeness (QED) is 0.725. The van der Waals surface area contributed by atoms with Gasteiger partial charge in [-0.3, -0.25) is 4.98 Å². The Balaban J connectivity index is 2.17. The number of imidazole rings is 1. The predicted molar refractivity (Wildman–Crippen MR) is 75.5 cm³/mol. The molecule has 2 heterocycles. The lowest BCUT2D eigenvalue weighted by Gasteiger charge is -2.06. The summed E-state index contributed by atoms with van der Waals surface area (Å²) in [5, 5.41) is 0. The van der Waals surface area contributed by atoms with Crippen LogP contribution in [0.25, 0.3) is 22.4 Å². The lowest BCUT2D eigenvalue weighted by Crippen LogP contribution is -2.04. The van der Waals surface area contributed by atoms with Crippen LogP contribution in [0.2, 0.25) is 0 Å². The van der Waals surface area contributed by atoms with Gasteiger partial charge in [-0.2, -0.15) is 13.2 Å². The van der Waals surface area contributed by atoms with Gasteiger partial charge in [0.05, 0.1) is 29.9 Å². The SMILES string of the molecule is COc1cncc(-c2nc3cc(C(F)(F)F)ccc3n2C)c1. The second kappa shape index (κ2) is 5.01. The number of benzene rings is 1. The lowest BCUT2D eigenvalue weighted by atomic mass is 10.2. The van der Waals surface area contributed by atoms with Crippen molar-refractivity contribution in [1.82, 2.24) is 14.5 Å². The summed E-state index contributed by atoms with van der Waals surface area (Å²) in [7, 11) is 3.27. The van der Waals surface area contributed by atoms with Crippen molar-refractivity contribution in [2.45, 2.75) is 6.18 Å². The number of alkyl halides is 3. The lowest BCUT2D eigenvalue weighted by molar-refractivity contribution is -0.137. The molecular weight excluding hydrogens is 295 g/mol. The summed E-state index contributed by atoms with van der Waals surface area (Å²) in [4.78, 5) is 8.34. The van der Waals surface area contributed by atoms with E-state index in [-0.39, 0.29) is 5.52 Å². The van der Waals surface area contributed by atoms with Crippen LogP contribution in [0.5, 0.6) is 5.75 Å². The van der Waals surface area contributed by atoms with Gasteiger partial charge in [-0.15, -0.1) is 0 Å². The number of hydrogen-bond donors (Lipinski definition) is 0. The topological polar surface area (TPSA) is 39.9 Å². The van der Waals surface area contributed by atoms with Crippen LogP contribution in [0.1, 0.15) is 5.56 Å². The fraction of sp³-hybridized carbons (Fsp3) is 0.200. The van der Waals surface area contributed by atoms with Crippen LogP contribution < -0.4 is 4.74 Å².